The maximum atomic E-state index is 11.9. The third-order valence-corrected chi connectivity index (χ3v) is 3.05. The molecular formula is C12H14BrNO4. The van der Waals surface area contributed by atoms with Crippen LogP contribution in [-0.4, -0.2) is 34.7 Å². The molecule has 0 heterocycles. The van der Waals surface area contributed by atoms with E-state index in [-0.39, 0.29) is 13.0 Å². The van der Waals surface area contributed by atoms with Crippen molar-refractivity contribution in [2.75, 3.05) is 6.61 Å². The number of nitrogens with one attached hydrogen (secondary N) is 1. The number of carboxylic acid groups (broad SMARTS) is 1. The highest BCUT2D eigenvalue weighted by Crippen LogP contribution is 2.18. The summed E-state index contributed by atoms with van der Waals surface area (Å²) >= 11 is 3.26. The van der Waals surface area contributed by atoms with Gasteiger partial charge in [-0.25, -0.2) is 4.79 Å². The Morgan fingerprint density at radius 2 is 2.11 bits per heavy atom. The van der Waals surface area contributed by atoms with Gasteiger partial charge in [0.05, 0.1) is 5.56 Å². The molecule has 1 amide bonds. The second-order valence-electron chi connectivity index (χ2n) is 3.86. The summed E-state index contributed by atoms with van der Waals surface area (Å²) in [6.07, 6.45) is -0.0233. The van der Waals surface area contributed by atoms with Crippen LogP contribution in [0.5, 0.6) is 0 Å². The van der Waals surface area contributed by atoms with Crippen LogP contribution in [0.2, 0.25) is 0 Å². The SMILES string of the molecule is Cc1ccc(C(=O)NC(CCO)C(=O)O)c(Br)c1. The Kier molecular flexibility index (Phi) is 5.30. The van der Waals surface area contributed by atoms with Gasteiger partial charge in [-0.2, -0.15) is 0 Å². The van der Waals surface area contributed by atoms with E-state index >= 15 is 0 Å². The fourth-order valence-electron chi connectivity index (χ4n) is 1.43. The Bertz CT molecular complexity index is 461. The smallest absolute Gasteiger partial charge is 0.326 e. The Morgan fingerprint density at radius 3 is 2.61 bits per heavy atom. The molecule has 0 bridgehead atoms. The molecule has 1 aromatic carbocycles. The molecule has 0 aromatic heterocycles. The number of hydrogen-bond donors (Lipinski definition) is 3. The van der Waals surface area contributed by atoms with Crippen molar-refractivity contribution in [3.63, 3.8) is 0 Å². The van der Waals surface area contributed by atoms with Gasteiger partial charge >= 0.3 is 5.97 Å². The first-order valence-electron chi connectivity index (χ1n) is 5.36. The number of aliphatic hydroxyl groups is 1. The first-order valence-corrected chi connectivity index (χ1v) is 6.15. The molecule has 3 N–H and O–H groups in total. The summed E-state index contributed by atoms with van der Waals surface area (Å²) in [5, 5.41) is 20.0. The monoisotopic (exact) mass is 315 g/mol. The molecule has 6 heteroatoms. The van der Waals surface area contributed by atoms with Gasteiger partial charge in [-0.1, -0.05) is 6.07 Å². The lowest BCUT2D eigenvalue weighted by Crippen LogP contribution is -2.41. The van der Waals surface area contributed by atoms with E-state index in [1.165, 1.54) is 0 Å². The number of aryl methyl sites for hydroxylation is 1. The highest BCUT2D eigenvalue weighted by atomic mass is 79.9. The minimum atomic E-state index is -1.17. The number of carbonyl (C=O) groups excluding carboxylic acids is 1. The van der Waals surface area contributed by atoms with Crippen LogP contribution in [0.25, 0.3) is 0 Å². The van der Waals surface area contributed by atoms with Gasteiger partial charge in [0.25, 0.3) is 5.91 Å². The standard InChI is InChI=1S/C12H14BrNO4/c1-7-2-3-8(9(13)6-7)11(16)14-10(4-5-15)12(17)18/h2-3,6,10,15H,4-5H2,1H3,(H,14,16)(H,17,18). The van der Waals surface area contributed by atoms with Gasteiger partial charge in [0.15, 0.2) is 0 Å². The van der Waals surface area contributed by atoms with Crippen LogP contribution in [0.4, 0.5) is 0 Å². The summed E-state index contributed by atoms with van der Waals surface area (Å²) in [4.78, 5) is 22.7. The molecule has 1 rings (SSSR count). The Morgan fingerprint density at radius 1 is 1.44 bits per heavy atom. The number of halogens is 1. The fraction of sp³-hybridized carbons (Fsp3) is 0.333. The molecule has 0 saturated carbocycles. The zero-order valence-electron chi connectivity index (χ0n) is 9.81. The number of carboxylic acids is 1. The minimum absolute atomic E-state index is 0.0233. The molecule has 0 aliphatic rings. The average Bonchev–Trinajstić information content (AvgIpc) is 2.27. The van der Waals surface area contributed by atoms with E-state index in [1.54, 1.807) is 18.2 Å². The number of aliphatic carboxylic acids is 1. The van der Waals surface area contributed by atoms with Crippen molar-refractivity contribution in [2.45, 2.75) is 19.4 Å². The average molecular weight is 316 g/mol. The molecule has 1 unspecified atom stereocenters. The van der Waals surface area contributed by atoms with Gasteiger partial charge in [-0.3, -0.25) is 4.79 Å². The molecule has 0 aliphatic heterocycles. The van der Waals surface area contributed by atoms with Crippen LogP contribution in [0.3, 0.4) is 0 Å². The van der Waals surface area contributed by atoms with Crippen LogP contribution in [0.1, 0.15) is 22.3 Å². The largest absolute Gasteiger partial charge is 0.480 e. The van der Waals surface area contributed by atoms with Crippen molar-refractivity contribution in [1.82, 2.24) is 5.32 Å². The summed E-state index contributed by atoms with van der Waals surface area (Å²) in [6, 6.07) is 4.07. The number of hydrogen-bond acceptors (Lipinski definition) is 3. The molecule has 0 aliphatic carbocycles. The molecule has 0 fully saturated rings. The lowest BCUT2D eigenvalue weighted by molar-refractivity contribution is -0.139. The van der Waals surface area contributed by atoms with Crippen LogP contribution < -0.4 is 5.32 Å². The van der Waals surface area contributed by atoms with Gasteiger partial charge in [-0.15, -0.1) is 0 Å². The Hall–Kier alpha value is -1.40. The van der Waals surface area contributed by atoms with Crippen molar-refractivity contribution in [3.05, 3.63) is 33.8 Å². The quantitative estimate of drug-likeness (QED) is 0.765. The molecule has 18 heavy (non-hydrogen) atoms. The van der Waals surface area contributed by atoms with E-state index in [0.717, 1.165) is 5.56 Å². The minimum Gasteiger partial charge on any atom is -0.480 e. The molecule has 0 radical (unpaired) electrons. The predicted octanol–water partition coefficient (Wildman–Crippen LogP) is 1.32. The third-order valence-electron chi connectivity index (χ3n) is 2.39. The molecule has 0 spiro atoms. The van der Waals surface area contributed by atoms with Crippen LogP contribution >= 0.6 is 15.9 Å². The highest BCUT2D eigenvalue weighted by Gasteiger charge is 2.21. The van der Waals surface area contributed by atoms with Gasteiger partial charge in [0.2, 0.25) is 0 Å². The lowest BCUT2D eigenvalue weighted by Gasteiger charge is -2.14. The molecule has 1 aromatic rings. The second kappa shape index (κ2) is 6.51. The molecular weight excluding hydrogens is 302 g/mol. The summed E-state index contributed by atoms with van der Waals surface area (Å²) < 4.78 is 0.605. The van der Waals surface area contributed by atoms with Crippen molar-refractivity contribution < 1.29 is 19.8 Å². The van der Waals surface area contributed by atoms with E-state index in [2.05, 4.69) is 21.2 Å². The Balaban J connectivity index is 2.83. The zero-order valence-corrected chi connectivity index (χ0v) is 11.4. The third kappa shape index (κ3) is 3.82. The van der Waals surface area contributed by atoms with Crippen LogP contribution in [-0.2, 0) is 4.79 Å². The van der Waals surface area contributed by atoms with Crippen molar-refractivity contribution >= 4 is 27.8 Å². The predicted molar refractivity (Wildman–Crippen MR) is 69.5 cm³/mol. The van der Waals surface area contributed by atoms with E-state index < -0.39 is 17.9 Å². The van der Waals surface area contributed by atoms with E-state index in [1.807, 2.05) is 6.92 Å². The van der Waals surface area contributed by atoms with Crippen molar-refractivity contribution in [3.8, 4) is 0 Å². The first kappa shape index (κ1) is 14.7. The summed E-state index contributed by atoms with van der Waals surface area (Å²) in [6.45, 7) is 1.59. The summed E-state index contributed by atoms with van der Waals surface area (Å²) in [7, 11) is 0. The number of rotatable bonds is 5. The maximum Gasteiger partial charge on any atom is 0.326 e. The molecule has 1 atom stereocenters. The number of aliphatic hydroxyl groups excluding tert-OH is 1. The topological polar surface area (TPSA) is 86.6 Å². The van der Waals surface area contributed by atoms with Crippen LogP contribution in [0, 0.1) is 6.92 Å². The second-order valence-corrected chi connectivity index (χ2v) is 4.71. The van der Waals surface area contributed by atoms with E-state index in [4.69, 9.17) is 10.2 Å². The summed E-state index contributed by atoms with van der Waals surface area (Å²) in [5.41, 5.74) is 1.35. The van der Waals surface area contributed by atoms with Crippen LogP contribution in [0.15, 0.2) is 22.7 Å². The zero-order chi connectivity index (χ0) is 13.7. The maximum absolute atomic E-state index is 11.9. The number of benzene rings is 1. The van der Waals surface area contributed by atoms with Crippen molar-refractivity contribution in [1.29, 1.82) is 0 Å². The normalized spacial score (nSPS) is 11.9. The van der Waals surface area contributed by atoms with Gasteiger partial charge in [0.1, 0.15) is 6.04 Å². The fourth-order valence-corrected chi connectivity index (χ4v) is 2.10. The molecule has 5 nitrogen and oxygen atoms in total. The van der Waals surface area contributed by atoms with E-state index in [0.29, 0.717) is 10.0 Å². The van der Waals surface area contributed by atoms with Gasteiger partial charge in [0, 0.05) is 17.5 Å². The first-order chi connectivity index (χ1) is 8.45. The molecule has 98 valence electrons. The van der Waals surface area contributed by atoms with E-state index in [9.17, 15) is 9.59 Å². The lowest BCUT2D eigenvalue weighted by atomic mass is 10.1. The van der Waals surface area contributed by atoms with Crippen molar-refractivity contribution in [2.24, 2.45) is 0 Å². The Labute approximate surface area is 113 Å². The van der Waals surface area contributed by atoms with Gasteiger partial charge < -0.3 is 15.5 Å². The van der Waals surface area contributed by atoms with Gasteiger partial charge in [-0.05, 0) is 40.5 Å². The molecule has 0 saturated heterocycles. The number of amides is 1. The summed E-state index contributed by atoms with van der Waals surface area (Å²) in [5.74, 6) is -1.65. The highest BCUT2D eigenvalue weighted by molar-refractivity contribution is 9.10. The number of carbonyl (C=O) groups is 2.